The van der Waals surface area contributed by atoms with E-state index in [4.69, 9.17) is 16.3 Å². The van der Waals surface area contributed by atoms with Crippen LogP contribution in [0.1, 0.15) is 57.0 Å². The van der Waals surface area contributed by atoms with Crippen molar-refractivity contribution in [2.75, 3.05) is 0 Å². The van der Waals surface area contributed by atoms with Crippen molar-refractivity contribution < 1.29 is 9.53 Å². The average Bonchev–Trinajstić information content (AvgIpc) is 2.85. The van der Waals surface area contributed by atoms with Crippen LogP contribution in [-0.2, 0) is 23.7 Å². The second kappa shape index (κ2) is 6.28. The number of imidazole rings is 1. The molecule has 6 heteroatoms. The van der Waals surface area contributed by atoms with Crippen LogP contribution < -0.4 is 5.32 Å². The molecule has 24 heavy (non-hydrogen) atoms. The number of benzene rings is 1. The largest absolute Gasteiger partial charge is 0.444 e. The van der Waals surface area contributed by atoms with Crippen LogP contribution in [0, 0.1) is 0 Å². The van der Waals surface area contributed by atoms with Gasteiger partial charge in [0.25, 0.3) is 0 Å². The molecular formula is C18H24ClN3O2. The van der Waals surface area contributed by atoms with Gasteiger partial charge < -0.3 is 14.6 Å². The topological polar surface area (TPSA) is 56.2 Å². The first-order chi connectivity index (χ1) is 11.3. The molecule has 1 aliphatic heterocycles. The number of carbonyl (C=O) groups excluding carboxylic acids is 1. The highest BCUT2D eigenvalue weighted by Gasteiger charge is 2.23. The lowest BCUT2D eigenvalue weighted by Gasteiger charge is -2.23. The molecule has 5 nitrogen and oxygen atoms in total. The van der Waals surface area contributed by atoms with Crippen molar-refractivity contribution in [1.82, 2.24) is 14.9 Å². The summed E-state index contributed by atoms with van der Waals surface area (Å²) in [5, 5.41) is 2.82. The molecule has 1 amide bonds. The standard InChI is InChI=1S/C18H24ClN3O2/c1-11-5-6-22-15(9-19)21-14-8-12(7-13(11)16(14)22)10-20-17(23)24-18(2,3)4/h7-8,11H,5-6,9-10H2,1-4H3,(H,20,23). The molecule has 0 saturated heterocycles. The van der Waals surface area contributed by atoms with E-state index in [1.54, 1.807) is 0 Å². The summed E-state index contributed by atoms with van der Waals surface area (Å²) in [5.41, 5.74) is 3.95. The molecule has 1 aliphatic rings. The smallest absolute Gasteiger partial charge is 0.407 e. The molecule has 130 valence electrons. The summed E-state index contributed by atoms with van der Waals surface area (Å²) in [6.07, 6.45) is 0.668. The Labute approximate surface area is 147 Å². The summed E-state index contributed by atoms with van der Waals surface area (Å²) in [6.45, 7) is 9.17. The van der Waals surface area contributed by atoms with Crippen molar-refractivity contribution in [3.8, 4) is 0 Å². The minimum Gasteiger partial charge on any atom is -0.444 e. The monoisotopic (exact) mass is 349 g/mol. The zero-order valence-corrected chi connectivity index (χ0v) is 15.4. The summed E-state index contributed by atoms with van der Waals surface area (Å²) in [6, 6.07) is 4.19. The van der Waals surface area contributed by atoms with Gasteiger partial charge in [0.15, 0.2) is 0 Å². The number of amides is 1. The van der Waals surface area contributed by atoms with Gasteiger partial charge in [-0.1, -0.05) is 13.0 Å². The summed E-state index contributed by atoms with van der Waals surface area (Å²) in [4.78, 5) is 16.5. The van der Waals surface area contributed by atoms with Gasteiger partial charge >= 0.3 is 6.09 Å². The van der Waals surface area contributed by atoms with Crippen LogP contribution in [0.25, 0.3) is 11.0 Å². The number of alkyl halides is 1. The van der Waals surface area contributed by atoms with E-state index in [1.165, 1.54) is 11.1 Å². The fourth-order valence-corrected chi connectivity index (χ4v) is 3.40. The summed E-state index contributed by atoms with van der Waals surface area (Å²) in [7, 11) is 0. The second-order valence-electron chi connectivity index (χ2n) is 7.41. The van der Waals surface area contributed by atoms with E-state index in [2.05, 4.69) is 27.9 Å². The molecule has 1 aromatic heterocycles. The Kier molecular flexibility index (Phi) is 4.47. The first-order valence-corrected chi connectivity index (χ1v) is 8.86. The maximum absolute atomic E-state index is 11.9. The van der Waals surface area contributed by atoms with E-state index >= 15 is 0 Å². The number of aromatic nitrogens is 2. The van der Waals surface area contributed by atoms with Crippen molar-refractivity contribution in [2.24, 2.45) is 0 Å². The number of alkyl carbamates (subject to hydrolysis) is 1. The van der Waals surface area contributed by atoms with E-state index in [0.29, 0.717) is 18.3 Å². The van der Waals surface area contributed by atoms with Crippen molar-refractivity contribution in [3.63, 3.8) is 0 Å². The van der Waals surface area contributed by atoms with Crippen molar-refractivity contribution in [3.05, 3.63) is 29.1 Å². The van der Waals surface area contributed by atoms with Gasteiger partial charge in [-0.25, -0.2) is 9.78 Å². The quantitative estimate of drug-likeness (QED) is 0.840. The highest BCUT2D eigenvalue weighted by molar-refractivity contribution is 6.16. The average molecular weight is 350 g/mol. The van der Waals surface area contributed by atoms with E-state index in [1.807, 2.05) is 26.8 Å². The van der Waals surface area contributed by atoms with Crippen molar-refractivity contribution in [2.45, 2.75) is 64.6 Å². The zero-order chi connectivity index (χ0) is 17.5. The molecule has 3 rings (SSSR count). The molecule has 1 unspecified atom stereocenters. The van der Waals surface area contributed by atoms with Gasteiger partial charge in [-0.05, 0) is 50.3 Å². The Morgan fingerprint density at radius 1 is 1.46 bits per heavy atom. The van der Waals surface area contributed by atoms with Crippen LogP contribution in [-0.4, -0.2) is 21.2 Å². The second-order valence-corrected chi connectivity index (χ2v) is 7.68. The minimum absolute atomic E-state index is 0.406. The van der Waals surface area contributed by atoms with Gasteiger partial charge in [-0.2, -0.15) is 0 Å². The van der Waals surface area contributed by atoms with Gasteiger partial charge in [0, 0.05) is 13.1 Å². The number of rotatable bonds is 3. The molecule has 0 spiro atoms. The third-order valence-electron chi connectivity index (χ3n) is 4.28. The number of hydrogen-bond donors (Lipinski definition) is 1. The lowest BCUT2D eigenvalue weighted by molar-refractivity contribution is 0.0523. The maximum atomic E-state index is 11.9. The van der Waals surface area contributed by atoms with Crippen LogP contribution in [0.15, 0.2) is 12.1 Å². The van der Waals surface area contributed by atoms with Crippen LogP contribution in [0.5, 0.6) is 0 Å². The lowest BCUT2D eigenvalue weighted by Crippen LogP contribution is -2.32. The van der Waals surface area contributed by atoms with Crippen LogP contribution in [0.2, 0.25) is 0 Å². The molecule has 1 N–H and O–H groups in total. The van der Waals surface area contributed by atoms with Crippen LogP contribution in [0.4, 0.5) is 4.79 Å². The molecule has 1 aromatic carbocycles. The highest BCUT2D eigenvalue weighted by atomic mass is 35.5. The minimum atomic E-state index is -0.497. The van der Waals surface area contributed by atoms with Gasteiger partial charge in [-0.15, -0.1) is 11.6 Å². The van der Waals surface area contributed by atoms with Crippen LogP contribution >= 0.6 is 11.6 Å². The zero-order valence-electron chi connectivity index (χ0n) is 14.6. The van der Waals surface area contributed by atoms with E-state index < -0.39 is 11.7 Å². The molecule has 1 atom stereocenters. The predicted molar refractivity (Wildman–Crippen MR) is 95.4 cm³/mol. The maximum Gasteiger partial charge on any atom is 0.407 e. The van der Waals surface area contributed by atoms with Gasteiger partial charge in [-0.3, -0.25) is 0 Å². The van der Waals surface area contributed by atoms with Crippen LogP contribution in [0.3, 0.4) is 0 Å². The summed E-state index contributed by atoms with van der Waals surface area (Å²) >= 11 is 6.04. The molecule has 0 saturated carbocycles. The number of nitrogens with zero attached hydrogens (tertiary/aromatic N) is 2. The predicted octanol–water partition coefficient (Wildman–Crippen LogP) is 4.31. The molecule has 2 heterocycles. The number of nitrogens with one attached hydrogen (secondary N) is 1. The normalized spacial score (nSPS) is 17.1. The number of carbonyl (C=O) groups is 1. The van der Waals surface area contributed by atoms with Crippen molar-refractivity contribution >= 4 is 28.7 Å². The van der Waals surface area contributed by atoms with E-state index in [-0.39, 0.29) is 0 Å². The summed E-state index contributed by atoms with van der Waals surface area (Å²) < 4.78 is 7.51. The fourth-order valence-electron chi connectivity index (χ4n) is 3.20. The molecule has 2 aromatic rings. The first kappa shape index (κ1) is 17.1. The number of aryl methyl sites for hydroxylation is 1. The Morgan fingerprint density at radius 3 is 2.88 bits per heavy atom. The number of halogens is 1. The van der Waals surface area contributed by atoms with Gasteiger partial charge in [0.2, 0.25) is 0 Å². The summed E-state index contributed by atoms with van der Waals surface area (Å²) in [5.74, 6) is 1.80. The molecule has 0 radical (unpaired) electrons. The third kappa shape index (κ3) is 3.36. The molecular weight excluding hydrogens is 326 g/mol. The SMILES string of the molecule is CC1CCn2c(CCl)nc3cc(CNC(=O)OC(C)(C)C)cc1c32. The fraction of sp³-hybridized carbons (Fsp3) is 0.556. The Morgan fingerprint density at radius 2 is 2.21 bits per heavy atom. The Bertz CT molecular complexity index is 777. The van der Waals surface area contributed by atoms with E-state index in [0.717, 1.165) is 29.9 Å². The number of hydrogen-bond acceptors (Lipinski definition) is 3. The third-order valence-corrected chi connectivity index (χ3v) is 4.52. The molecule has 0 fully saturated rings. The van der Waals surface area contributed by atoms with Crippen molar-refractivity contribution in [1.29, 1.82) is 0 Å². The first-order valence-electron chi connectivity index (χ1n) is 8.33. The Balaban J connectivity index is 1.87. The highest BCUT2D eigenvalue weighted by Crippen LogP contribution is 2.35. The van der Waals surface area contributed by atoms with Gasteiger partial charge in [0.05, 0.1) is 16.9 Å². The van der Waals surface area contributed by atoms with E-state index in [9.17, 15) is 4.79 Å². The lowest BCUT2D eigenvalue weighted by atomic mass is 9.92. The molecule has 0 aliphatic carbocycles. The van der Waals surface area contributed by atoms with Gasteiger partial charge in [0.1, 0.15) is 11.4 Å². The Hall–Kier alpha value is -1.75. The number of ether oxygens (including phenoxy) is 1. The molecule has 0 bridgehead atoms.